The van der Waals surface area contributed by atoms with Gasteiger partial charge in [0.1, 0.15) is 0 Å². The molecule has 0 bridgehead atoms. The highest BCUT2D eigenvalue weighted by Gasteiger charge is 2.18. The lowest BCUT2D eigenvalue weighted by Crippen LogP contribution is -2.30. The zero-order valence-electron chi connectivity index (χ0n) is 11.9. The predicted octanol–water partition coefficient (Wildman–Crippen LogP) is 1.59. The van der Waals surface area contributed by atoms with Gasteiger partial charge in [-0.05, 0) is 25.0 Å². The maximum Gasteiger partial charge on any atom is 0.273 e. The largest absolute Gasteiger partial charge is 0.396 e. The zero-order valence-corrected chi connectivity index (χ0v) is 12.6. The van der Waals surface area contributed by atoms with Crippen LogP contribution in [0, 0.1) is 12.8 Å². The average Bonchev–Trinajstić information content (AvgIpc) is 2.86. The summed E-state index contributed by atoms with van der Waals surface area (Å²) in [5.41, 5.74) is 1.53. The van der Waals surface area contributed by atoms with Crippen molar-refractivity contribution in [3.8, 4) is 5.69 Å². The summed E-state index contributed by atoms with van der Waals surface area (Å²) < 4.78 is 1.53. The number of nitrogens with zero attached hydrogens (tertiary/aromatic N) is 3. The number of hydrogen-bond donors (Lipinski definition) is 2. The molecule has 2 rings (SSSR count). The monoisotopic (exact) mass is 308 g/mol. The number of carbonyl (C=O) groups excluding carboxylic acids is 1. The van der Waals surface area contributed by atoms with E-state index in [0.717, 1.165) is 0 Å². The van der Waals surface area contributed by atoms with E-state index >= 15 is 0 Å². The summed E-state index contributed by atoms with van der Waals surface area (Å²) in [6, 6.07) is 7.22. The SMILES string of the molecule is Cc1c(C(=O)NCC(C)CO)nnn1-c1ccccc1Cl. The van der Waals surface area contributed by atoms with Crippen LogP contribution in [-0.2, 0) is 0 Å². The van der Waals surface area contributed by atoms with Crippen LogP contribution in [0.15, 0.2) is 24.3 Å². The molecular weight excluding hydrogens is 292 g/mol. The fraction of sp³-hybridized carbons (Fsp3) is 0.357. The number of benzene rings is 1. The van der Waals surface area contributed by atoms with Gasteiger partial charge in [-0.1, -0.05) is 35.9 Å². The lowest BCUT2D eigenvalue weighted by Gasteiger charge is -2.09. The van der Waals surface area contributed by atoms with E-state index < -0.39 is 0 Å². The second-order valence-corrected chi connectivity index (χ2v) is 5.29. The minimum Gasteiger partial charge on any atom is -0.396 e. The van der Waals surface area contributed by atoms with Gasteiger partial charge in [0.25, 0.3) is 5.91 Å². The molecular formula is C14H17ClN4O2. The van der Waals surface area contributed by atoms with E-state index in [0.29, 0.717) is 22.9 Å². The molecule has 21 heavy (non-hydrogen) atoms. The molecule has 0 spiro atoms. The van der Waals surface area contributed by atoms with Gasteiger partial charge in [-0.15, -0.1) is 5.10 Å². The molecule has 0 radical (unpaired) electrons. The van der Waals surface area contributed by atoms with Crippen LogP contribution in [-0.4, -0.2) is 39.2 Å². The maximum absolute atomic E-state index is 12.1. The van der Waals surface area contributed by atoms with Gasteiger partial charge in [0.15, 0.2) is 5.69 Å². The number of aromatic nitrogens is 3. The van der Waals surface area contributed by atoms with Crippen molar-refractivity contribution in [2.24, 2.45) is 5.92 Å². The number of para-hydroxylation sites is 1. The molecule has 112 valence electrons. The Balaban J connectivity index is 2.21. The molecule has 0 aliphatic carbocycles. The maximum atomic E-state index is 12.1. The summed E-state index contributed by atoms with van der Waals surface area (Å²) in [5.74, 6) is -0.320. The van der Waals surface area contributed by atoms with Crippen molar-refractivity contribution in [1.29, 1.82) is 0 Å². The number of carbonyl (C=O) groups is 1. The quantitative estimate of drug-likeness (QED) is 0.879. The van der Waals surface area contributed by atoms with Crippen molar-refractivity contribution in [3.63, 3.8) is 0 Å². The number of halogens is 1. The molecule has 1 atom stereocenters. The summed E-state index contributed by atoms with van der Waals surface area (Å²) in [7, 11) is 0. The van der Waals surface area contributed by atoms with Gasteiger partial charge < -0.3 is 10.4 Å². The fourth-order valence-electron chi connectivity index (χ4n) is 1.81. The van der Waals surface area contributed by atoms with Gasteiger partial charge in [0.05, 0.1) is 16.4 Å². The van der Waals surface area contributed by atoms with Gasteiger partial charge in [0.2, 0.25) is 0 Å². The van der Waals surface area contributed by atoms with Crippen molar-refractivity contribution < 1.29 is 9.90 Å². The third kappa shape index (κ3) is 3.40. The first kappa shape index (κ1) is 15.5. The number of rotatable bonds is 5. The van der Waals surface area contributed by atoms with Gasteiger partial charge in [-0.2, -0.15) is 0 Å². The predicted molar refractivity (Wildman–Crippen MR) is 79.7 cm³/mol. The smallest absolute Gasteiger partial charge is 0.273 e. The number of amides is 1. The van der Waals surface area contributed by atoms with Crippen LogP contribution in [0.3, 0.4) is 0 Å². The van der Waals surface area contributed by atoms with Crippen LogP contribution in [0.4, 0.5) is 0 Å². The first-order valence-corrected chi connectivity index (χ1v) is 6.98. The van der Waals surface area contributed by atoms with Crippen molar-refractivity contribution in [3.05, 3.63) is 40.7 Å². The fourth-order valence-corrected chi connectivity index (χ4v) is 2.02. The molecule has 0 saturated heterocycles. The molecule has 1 heterocycles. The molecule has 0 aliphatic rings. The van der Waals surface area contributed by atoms with Crippen molar-refractivity contribution in [1.82, 2.24) is 20.3 Å². The number of hydrogen-bond acceptors (Lipinski definition) is 4. The Morgan fingerprint density at radius 2 is 2.19 bits per heavy atom. The van der Waals surface area contributed by atoms with Gasteiger partial charge in [0, 0.05) is 13.2 Å². The first-order chi connectivity index (χ1) is 10.0. The third-order valence-electron chi connectivity index (χ3n) is 3.11. The van der Waals surface area contributed by atoms with E-state index in [1.54, 1.807) is 19.1 Å². The van der Waals surface area contributed by atoms with Crippen LogP contribution in [0.5, 0.6) is 0 Å². The molecule has 7 heteroatoms. The molecule has 6 nitrogen and oxygen atoms in total. The summed E-state index contributed by atoms with van der Waals surface area (Å²) in [4.78, 5) is 12.1. The van der Waals surface area contributed by atoms with Gasteiger partial charge in [-0.3, -0.25) is 4.79 Å². The standard InChI is InChI=1S/C14H17ClN4O2/c1-9(8-20)7-16-14(21)13-10(2)19(18-17-13)12-6-4-3-5-11(12)15/h3-6,9,20H,7-8H2,1-2H3,(H,16,21). The Hall–Kier alpha value is -1.92. The van der Waals surface area contributed by atoms with E-state index in [9.17, 15) is 4.79 Å². The molecule has 1 unspecified atom stereocenters. The Morgan fingerprint density at radius 3 is 2.86 bits per heavy atom. The van der Waals surface area contributed by atoms with E-state index in [-0.39, 0.29) is 24.1 Å². The molecule has 1 amide bonds. The zero-order chi connectivity index (χ0) is 15.4. The minimum absolute atomic E-state index is 0.00660. The second kappa shape index (κ2) is 6.69. The molecule has 2 N–H and O–H groups in total. The topological polar surface area (TPSA) is 80.0 Å². The van der Waals surface area contributed by atoms with Gasteiger partial charge >= 0.3 is 0 Å². The van der Waals surface area contributed by atoms with Crippen molar-refractivity contribution in [2.45, 2.75) is 13.8 Å². The Morgan fingerprint density at radius 1 is 1.48 bits per heavy atom. The number of nitrogens with one attached hydrogen (secondary N) is 1. The molecule has 2 aromatic rings. The van der Waals surface area contributed by atoms with E-state index in [1.165, 1.54) is 4.68 Å². The Labute approximate surface area is 127 Å². The van der Waals surface area contributed by atoms with Crippen LogP contribution >= 0.6 is 11.6 Å². The van der Waals surface area contributed by atoms with Crippen LogP contribution in [0.1, 0.15) is 23.1 Å². The first-order valence-electron chi connectivity index (χ1n) is 6.60. The van der Waals surface area contributed by atoms with E-state index in [4.69, 9.17) is 16.7 Å². The highest BCUT2D eigenvalue weighted by Crippen LogP contribution is 2.21. The van der Waals surface area contributed by atoms with Crippen LogP contribution in [0.25, 0.3) is 5.69 Å². The minimum atomic E-state index is -0.314. The highest BCUT2D eigenvalue weighted by atomic mass is 35.5. The average molecular weight is 309 g/mol. The summed E-state index contributed by atoms with van der Waals surface area (Å²) >= 11 is 6.12. The molecule has 0 saturated carbocycles. The lowest BCUT2D eigenvalue weighted by atomic mass is 10.2. The summed E-state index contributed by atoms with van der Waals surface area (Å²) in [5, 5.41) is 20.1. The summed E-state index contributed by atoms with van der Waals surface area (Å²) in [6.45, 7) is 4.00. The Kier molecular flexibility index (Phi) is 4.93. The molecule has 1 aromatic carbocycles. The summed E-state index contributed by atoms with van der Waals surface area (Å²) in [6.07, 6.45) is 0. The normalized spacial score (nSPS) is 12.2. The second-order valence-electron chi connectivity index (χ2n) is 4.88. The van der Waals surface area contributed by atoms with Crippen LogP contribution in [0.2, 0.25) is 5.02 Å². The highest BCUT2D eigenvalue weighted by molar-refractivity contribution is 6.32. The number of aliphatic hydroxyl groups is 1. The van der Waals surface area contributed by atoms with Crippen molar-refractivity contribution >= 4 is 17.5 Å². The van der Waals surface area contributed by atoms with Crippen molar-refractivity contribution in [2.75, 3.05) is 13.2 Å². The molecule has 0 fully saturated rings. The van der Waals surface area contributed by atoms with Crippen LogP contribution < -0.4 is 5.32 Å². The number of aliphatic hydroxyl groups excluding tert-OH is 1. The lowest BCUT2D eigenvalue weighted by molar-refractivity contribution is 0.0936. The van der Waals surface area contributed by atoms with Gasteiger partial charge in [-0.25, -0.2) is 4.68 Å². The van der Waals surface area contributed by atoms with E-state index in [1.807, 2.05) is 19.1 Å². The molecule has 0 aliphatic heterocycles. The third-order valence-corrected chi connectivity index (χ3v) is 3.43. The molecule has 1 aromatic heterocycles. The van der Waals surface area contributed by atoms with E-state index in [2.05, 4.69) is 15.6 Å². The Bertz CT molecular complexity index is 642.